The van der Waals surface area contributed by atoms with Gasteiger partial charge in [0.05, 0.1) is 12.7 Å². The summed E-state index contributed by atoms with van der Waals surface area (Å²) in [7, 11) is 6.10. The predicted octanol–water partition coefficient (Wildman–Crippen LogP) is 2.77. The summed E-state index contributed by atoms with van der Waals surface area (Å²) in [5.74, 6) is 1.08. The van der Waals surface area contributed by atoms with Gasteiger partial charge in [0.15, 0.2) is 0 Å². The molecule has 0 bridgehead atoms. The van der Waals surface area contributed by atoms with E-state index in [1.165, 1.54) is 30.5 Å². The van der Waals surface area contributed by atoms with Crippen LogP contribution in [0.15, 0.2) is 6.20 Å². The van der Waals surface area contributed by atoms with Gasteiger partial charge < -0.3 is 4.90 Å². The quantitative estimate of drug-likeness (QED) is 0.851. The highest BCUT2D eigenvalue weighted by molar-refractivity contribution is 5.78. The average molecular weight is 332 g/mol. The van der Waals surface area contributed by atoms with Crippen LogP contribution in [0.25, 0.3) is 0 Å². The van der Waals surface area contributed by atoms with Gasteiger partial charge >= 0.3 is 0 Å². The highest BCUT2D eigenvalue weighted by atomic mass is 16.2. The summed E-state index contributed by atoms with van der Waals surface area (Å²) in [5, 5.41) is 4.42. The van der Waals surface area contributed by atoms with Crippen LogP contribution >= 0.6 is 0 Å². The highest BCUT2D eigenvalue weighted by Gasteiger charge is 2.30. The normalized spacial score (nSPS) is 27.1. The van der Waals surface area contributed by atoms with E-state index in [0.29, 0.717) is 18.6 Å². The van der Waals surface area contributed by atoms with Crippen LogP contribution in [0, 0.1) is 5.92 Å². The van der Waals surface area contributed by atoms with Crippen molar-refractivity contribution in [1.29, 1.82) is 0 Å². The maximum absolute atomic E-state index is 12.8. The molecule has 2 aliphatic rings. The van der Waals surface area contributed by atoms with Crippen molar-refractivity contribution in [2.45, 2.75) is 64.0 Å². The van der Waals surface area contributed by atoms with E-state index < -0.39 is 0 Å². The molecular weight excluding hydrogens is 300 g/mol. The first kappa shape index (κ1) is 17.5. The topological polar surface area (TPSA) is 41.4 Å². The van der Waals surface area contributed by atoms with E-state index in [-0.39, 0.29) is 5.91 Å². The third-order valence-electron chi connectivity index (χ3n) is 6.19. The smallest absolute Gasteiger partial charge is 0.236 e. The molecule has 0 N–H and O–H groups in total. The Hall–Kier alpha value is -1.36. The first-order valence-corrected chi connectivity index (χ1v) is 9.44. The third-order valence-corrected chi connectivity index (χ3v) is 6.19. The number of carbonyl (C=O) groups excluding carboxylic acids is 1. The summed E-state index contributed by atoms with van der Waals surface area (Å²) in [6.07, 6.45) is 10.2. The Labute approximate surface area is 146 Å². The maximum atomic E-state index is 12.8. The van der Waals surface area contributed by atoms with Crippen LogP contribution in [-0.2, 0) is 18.3 Å². The molecule has 1 saturated carbocycles. The van der Waals surface area contributed by atoms with Gasteiger partial charge in [0.1, 0.15) is 0 Å². The molecule has 5 heteroatoms. The second kappa shape index (κ2) is 7.26. The number of fused-ring (bicyclic) bond motifs is 1. The molecule has 1 heterocycles. The van der Waals surface area contributed by atoms with Gasteiger partial charge in [0.2, 0.25) is 5.91 Å². The van der Waals surface area contributed by atoms with E-state index in [9.17, 15) is 4.79 Å². The van der Waals surface area contributed by atoms with E-state index >= 15 is 0 Å². The number of carbonyl (C=O) groups is 1. The van der Waals surface area contributed by atoms with Gasteiger partial charge in [-0.25, -0.2) is 0 Å². The minimum atomic E-state index is 0.257. The fourth-order valence-electron chi connectivity index (χ4n) is 4.41. The minimum Gasteiger partial charge on any atom is -0.342 e. The molecule has 24 heavy (non-hydrogen) atoms. The van der Waals surface area contributed by atoms with Crippen LogP contribution in [0.5, 0.6) is 0 Å². The maximum Gasteiger partial charge on any atom is 0.236 e. The van der Waals surface area contributed by atoms with Crippen LogP contribution < -0.4 is 0 Å². The van der Waals surface area contributed by atoms with Crippen LogP contribution in [0.2, 0.25) is 0 Å². The van der Waals surface area contributed by atoms with Crippen molar-refractivity contribution in [3.63, 3.8) is 0 Å². The molecule has 1 atom stereocenters. The lowest BCUT2D eigenvalue weighted by Crippen LogP contribution is -2.44. The lowest BCUT2D eigenvalue weighted by atomic mass is 9.86. The highest BCUT2D eigenvalue weighted by Crippen LogP contribution is 2.33. The van der Waals surface area contributed by atoms with E-state index in [1.54, 1.807) is 0 Å². The Kier molecular flexibility index (Phi) is 5.28. The second-order valence-electron chi connectivity index (χ2n) is 7.91. The monoisotopic (exact) mass is 332 g/mol. The fraction of sp³-hybridized carbons (Fsp3) is 0.789. The van der Waals surface area contributed by atoms with Crippen molar-refractivity contribution in [3.05, 3.63) is 17.5 Å². The van der Waals surface area contributed by atoms with Gasteiger partial charge in [0, 0.05) is 37.4 Å². The summed E-state index contributed by atoms with van der Waals surface area (Å²) in [5.41, 5.74) is 2.65. The second-order valence-corrected chi connectivity index (χ2v) is 7.91. The Bertz CT molecular complexity index is 574. The number of hydrogen-bond donors (Lipinski definition) is 0. The molecule has 0 unspecified atom stereocenters. The number of hydrogen-bond acceptors (Lipinski definition) is 3. The zero-order chi connectivity index (χ0) is 17.3. The molecule has 1 aromatic rings. The summed E-state index contributed by atoms with van der Waals surface area (Å²) < 4.78 is 1.99. The zero-order valence-corrected chi connectivity index (χ0v) is 15.7. The van der Waals surface area contributed by atoms with E-state index in [4.69, 9.17) is 0 Å². The standard InChI is InChI=1S/C19H32N4O/c1-14-8-10-15(11-9-14)22(3)19(24)13-21(2)17-6-5-7-18-16(17)12-20-23(18)4/h12,14-15,17H,5-11,13H2,1-4H3/t14?,15?,17-/m1/s1. The van der Waals surface area contributed by atoms with Gasteiger partial charge in [-0.1, -0.05) is 6.92 Å². The van der Waals surface area contributed by atoms with Crippen LogP contribution in [0.4, 0.5) is 0 Å². The molecule has 5 nitrogen and oxygen atoms in total. The van der Waals surface area contributed by atoms with Crippen molar-refractivity contribution in [3.8, 4) is 0 Å². The number of likely N-dealkylation sites (N-methyl/N-ethyl adjacent to an activating group) is 2. The van der Waals surface area contributed by atoms with E-state index in [1.807, 2.05) is 29.9 Å². The average Bonchev–Trinajstić information content (AvgIpc) is 2.96. The molecule has 1 amide bonds. The number of amides is 1. The predicted molar refractivity (Wildman–Crippen MR) is 95.7 cm³/mol. The van der Waals surface area contributed by atoms with Crippen molar-refractivity contribution < 1.29 is 4.79 Å². The Morgan fingerprint density at radius 2 is 1.96 bits per heavy atom. The Morgan fingerprint density at radius 1 is 1.25 bits per heavy atom. The molecule has 0 aliphatic heterocycles. The Morgan fingerprint density at radius 3 is 2.67 bits per heavy atom. The lowest BCUT2D eigenvalue weighted by molar-refractivity contribution is -0.134. The Balaban J connectivity index is 1.60. The van der Waals surface area contributed by atoms with E-state index in [2.05, 4.69) is 24.0 Å². The summed E-state index contributed by atoms with van der Waals surface area (Å²) in [4.78, 5) is 17.0. The zero-order valence-electron chi connectivity index (χ0n) is 15.7. The molecule has 0 aromatic carbocycles. The van der Waals surface area contributed by atoms with Crippen molar-refractivity contribution in [2.75, 3.05) is 20.6 Å². The molecular formula is C19H32N4O. The van der Waals surface area contributed by atoms with Crippen molar-refractivity contribution in [1.82, 2.24) is 19.6 Å². The molecule has 134 valence electrons. The van der Waals surface area contributed by atoms with Gasteiger partial charge in [-0.15, -0.1) is 0 Å². The van der Waals surface area contributed by atoms with Gasteiger partial charge in [-0.3, -0.25) is 14.4 Å². The first-order valence-electron chi connectivity index (χ1n) is 9.44. The summed E-state index contributed by atoms with van der Waals surface area (Å²) in [6, 6.07) is 0.758. The van der Waals surface area contributed by atoms with Crippen molar-refractivity contribution >= 4 is 5.91 Å². The van der Waals surface area contributed by atoms with Gasteiger partial charge in [-0.05, 0) is 57.9 Å². The van der Waals surface area contributed by atoms with Gasteiger partial charge in [0.25, 0.3) is 0 Å². The van der Waals surface area contributed by atoms with Crippen molar-refractivity contribution in [2.24, 2.45) is 13.0 Å². The van der Waals surface area contributed by atoms with E-state index in [0.717, 1.165) is 31.6 Å². The van der Waals surface area contributed by atoms with Crippen LogP contribution in [0.3, 0.4) is 0 Å². The number of aromatic nitrogens is 2. The minimum absolute atomic E-state index is 0.257. The molecule has 3 rings (SSSR count). The largest absolute Gasteiger partial charge is 0.342 e. The molecule has 0 radical (unpaired) electrons. The fourth-order valence-corrected chi connectivity index (χ4v) is 4.41. The van der Waals surface area contributed by atoms with Crippen LogP contribution in [-0.4, -0.2) is 52.2 Å². The summed E-state index contributed by atoms with van der Waals surface area (Å²) >= 11 is 0. The molecule has 0 spiro atoms. The molecule has 0 saturated heterocycles. The number of rotatable bonds is 4. The summed E-state index contributed by atoms with van der Waals surface area (Å²) in [6.45, 7) is 2.82. The third kappa shape index (κ3) is 3.51. The SMILES string of the molecule is CC1CCC(N(C)C(=O)CN(C)[C@@H]2CCCc3c2cnn3C)CC1. The lowest BCUT2D eigenvalue weighted by Gasteiger charge is -2.36. The number of nitrogens with zero attached hydrogens (tertiary/aromatic N) is 4. The van der Waals surface area contributed by atoms with Gasteiger partial charge in [-0.2, -0.15) is 5.10 Å². The number of aryl methyl sites for hydroxylation is 1. The van der Waals surface area contributed by atoms with Crippen LogP contribution in [0.1, 0.15) is 62.7 Å². The molecule has 1 aromatic heterocycles. The molecule has 1 fully saturated rings. The molecule has 2 aliphatic carbocycles. The first-order chi connectivity index (χ1) is 11.5.